The third-order valence-corrected chi connectivity index (χ3v) is 5.42. The first-order valence-corrected chi connectivity index (χ1v) is 10.6. The Morgan fingerprint density at radius 3 is 2.63 bits per heavy atom. The van der Waals surface area contributed by atoms with E-state index in [1.165, 1.54) is 0 Å². The number of rotatable bonds is 8. The molecule has 2 aliphatic rings. The standard InChI is InChI=1S/C20H23IN2O7/c21-14-3-1-12(2-4-14)20(27)30-16-10-13(9-15-18(16)29-11-28-15)19(26)23-6-5-17(25)22-7-8-24/h1-4,9,15-16,18,24H,5-8,10-11H2,(H,22,25)(H,23,26). The van der Waals surface area contributed by atoms with Crippen molar-refractivity contribution in [2.45, 2.75) is 31.2 Å². The number of carbonyl (C=O) groups is 3. The number of hydrogen-bond donors (Lipinski definition) is 3. The number of amides is 2. The Bertz CT molecular complexity index is 812. The molecule has 1 aromatic carbocycles. The van der Waals surface area contributed by atoms with Crippen LogP contribution in [0, 0.1) is 3.57 Å². The van der Waals surface area contributed by atoms with Crippen molar-refractivity contribution >= 4 is 40.4 Å². The van der Waals surface area contributed by atoms with E-state index in [0.29, 0.717) is 11.1 Å². The van der Waals surface area contributed by atoms with Crippen molar-refractivity contribution in [1.29, 1.82) is 0 Å². The number of aliphatic hydroxyl groups excluding tert-OH is 1. The van der Waals surface area contributed by atoms with Gasteiger partial charge in [-0.05, 0) is 52.9 Å². The Labute approximate surface area is 187 Å². The van der Waals surface area contributed by atoms with Crippen molar-refractivity contribution in [3.63, 3.8) is 0 Å². The zero-order valence-electron chi connectivity index (χ0n) is 16.1. The topological polar surface area (TPSA) is 123 Å². The van der Waals surface area contributed by atoms with Gasteiger partial charge in [0.05, 0.1) is 12.2 Å². The summed E-state index contributed by atoms with van der Waals surface area (Å²) in [6.07, 6.45) is 0.330. The number of ether oxygens (including phenoxy) is 3. The van der Waals surface area contributed by atoms with E-state index in [4.69, 9.17) is 19.3 Å². The highest BCUT2D eigenvalue weighted by Crippen LogP contribution is 2.30. The fraction of sp³-hybridized carbons (Fsp3) is 0.450. The maximum Gasteiger partial charge on any atom is 0.338 e. The van der Waals surface area contributed by atoms with E-state index in [-0.39, 0.29) is 51.1 Å². The van der Waals surface area contributed by atoms with Crippen molar-refractivity contribution in [2.75, 3.05) is 26.5 Å². The molecule has 3 unspecified atom stereocenters. The van der Waals surface area contributed by atoms with Gasteiger partial charge in [0.1, 0.15) is 25.1 Å². The molecule has 30 heavy (non-hydrogen) atoms. The van der Waals surface area contributed by atoms with E-state index in [0.717, 1.165) is 3.57 Å². The Morgan fingerprint density at radius 1 is 1.13 bits per heavy atom. The van der Waals surface area contributed by atoms with Crippen molar-refractivity contribution in [3.8, 4) is 0 Å². The maximum atomic E-state index is 12.5. The molecular weight excluding hydrogens is 507 g/mol. The largest absolute Gasteiger partial charge is 0.456 e. The summed E-state index contributed by atoms with van der Waals surface area (Å²) < 4.78 is 17.7. The number of halogens is 1. The number of hydrogen-bond acceptors (Lipinski definition) is 7. The van der Waals surface area contributed by atoms with Crippen LogP contribution in [-0.4, -0.2) is 67.7 Å². The van der Waals surface area contributed by atoms with E-state index in [1.54, 1.807) is 18.2 Å². The third-order valence-electron chi connectivity index (χ3n) is 4.70. The molecule has 9 nitrogen and oxygen atoms in total. The van der Waals surface area contributed by atoms with Crippen molar-refractivity contribution < 1.29 is 33.7 Å². The van der Waals surface area contributed by atoms with Crippen LogP contribution in [0.15, 0.2) is 35.9 Å². The van der Waals surface area contributed by atoms with Gasteiger partial charge in [0.2, 0.25) is 11.8 Å². The van der Waals surface area contributed by atoms with Crippen molar-refractivity contribution in [1.82, 2.24) is 10.6 Å². The fourth-order valence-corrected chi connectivity index (χ4v) is 3.56. The zero-order chi connectivity index (χ0) is 21.5. The Hall–Kier alpha value is -2.02. The second kappa shape index (κ2) is 10.8. The number of esters is 1. The Balaban J connectivity index is 1.58. The summed E-state index contributed by atoms with van der Waals surface area (Å²) in [7, 11) is 0. The summed E-state index contributed by atoms with van der Waals surface area (Å²) in [5.41, 5.74) is 0.832. The SMILES string of the molecule is O=C(CCNC(=O)C1=CC2OCOC2C(OC(=O)c2ccc(I)cc2)C1)NCCO. The van der Waals surface area contributed by atoms with E-state index in [9.17, 15) is 14.4 Å². The Morgan fingerprint density at radius 2 is 1.90 bits per heavy atom. The van der Waals surface area contributed by atoms with Crippen LogP contribution in [0.1, 0.15) is 23.2 Å². The van der Waals surface area contributed by atoms with E-state index in [2.05, 4.69) is 33.2 Å². The van der Waals surface area contributed by atoms with Gasteiger partial charge in [0.25, 0.3) is 0 Å². The number of carbonyl (C=O) groups excluding carboxylic acids is 3. The van der Waals surface area contributed by atoms with Gasteiger partial charge >= 0.3 is 5.97 Å². The van der Waals surface area contributed by atoms with Crippen LogP contribution in [0.25, 0.3) is 0 Å². The molecule has 10 heteroatoms. The van der Waals surface area contributed by atoms with Crippen LogP contribution in [0.5, 0.6) is 0 Å². The predicted octanol–water partition coefficient (Wildman–Crippen LogP) is 0.503. The first-order chi connectivity index (χ1) is 14.5. The minimum Gasteiger partial charge on any atom is -0.456 e. The molecule has 0 saturated carbocycles. The van der Waals surface area contributed by atoms with E-state index in [1.807, 2.05) is 12.1 Å². The number of aliphatic hydroxyl groups is 1. The summed E-state index contributed by atoms with van der Waals surface area (Å²) in [5, 5.41) is 13.9. The van der Waals surface area contributed by atoms with Crippen LogP contribution in [0.2, 0.25) is 0 Å². The molecular formula is C20H23IN2O7. The average Bonchev–Trinajstić information content (AvgIpc) is 3.21. The Kier molecular flexibility index (Phi) is 8.19. The fourth-order valence-electron chi connectivity index (χ4n) is 3.20. The van der Waals surface area contributed by atoms with Crippen LogP contribution in [-0.2, 0) is 23.8 Å². The molecule has 3 atom stereocenters. The molecule has 0 bridgehead atoms. The van der Waals surface area contributed by atoms with Gasteiger partial charge in [0, 0.05) is 35.1 Å². The highest BCUT2D eigenvalue weighted by molar-refractivity contribution is 14.1. The molecule has 2 amide bonds. The molecule has 1 aromatic rings. The average molecular weight is 530 g/mol. The molecule has 162 valence electrons. The lowest BCUT2D eigenvalue weighted by Crippen LogP contribution is -2.43. The van der Waals surface area contributed by atoms with Crippen molar-refractivity contribution in [2.24, 2.45) is 0 Å². The highest BCUT2D eigenvalue weighted by Gasteiger charge is 2.42. The first-order valence-electron chi connectivity index (χ1n) is 9.54. The van der Waals surface area contributed by atoms with Crippen LogP contribution >= 0.6 is 22.6 Å². The minimum absolute atomic E-state index is 0.0589. The quantitative estimate of drug-likeness (QED) is 0.331. The number of benzene rings is 1. The summed E-state index contributed by atoms with van der Waals surface area (Å²) in [6, 6.07) is 6.99. The minimum atomic E-state index is -0.664. The van der Waals surface area contributed by atoms with Crippen LogP contribution < -0.4 is 10.6 Å². The monoisotopic (exact) mass is 530 g/mol. The first kappa shape index (κ1) is 22.7. The van der Waals surface area contributed by atoms with Crippen molar-refractivity contribution in [3.05, 3.63) is 45.0 Å². The molecule has 1 aliphatic carbocycles. The maximum absolute atomic E-state index is 12.5. The number of fused-ring (bicyclic) bond motifs is 1. The molecule has 3 rings (SSSR count). The molecule has 1 aliphatic heterocycles. The van der Waals surface area contributed by atoms with Gasteiger partial charge in [-0.15, -0.1) is 0 Å². The lowest BCUT2D eigenvalue weighted by molar-refractivity contribution is -0.121. The lowest BCUT2D eigenvalue weighted by atomic mass is 9.91. The second-order valence-corrected chi connectivity index (χ2v) is 8.05. The van der Waals surface area contributed by atoms with Crippen LogP contribution in [0.4, 0.5) is 0 Å². The molecule has 1 heterocycles. The molecule has 3 N–H and O–H groups in total. The molecule has 1 fully saturated rings. The normalized spacial score (nSPS) is 22.6. The zero-order valence-corrected chi connectivity index (χ0v) is 18.3. The molecule has 0 aromatic heterocycles. The second-order valence-electron chi connectivity index (χ2n) is 6.81. The molecule has 1 saturated heterocycles. The summed E-state index contributed by atoms with van der Waals surface area (Å²) in [5.74, 6) is -1.11. The summed E-state index contributed by atoms with van der Waals surface area (Å²) in [4.78, 5) is 36.6. The molecule has 0 spiro atoms. The smallest absolute Gasteiger partial charge is 0.338 e. The number of nitrogens with one attached hydrogen (secondary N) is 2. The van der Waals surface area contributed by atoms with Gasteiger partial charge < -0.3 is 30.0 Å². The summed E-state index contributed by atoms with van der Waals surface area (Å²) >= 11 is 2.15. The van der Waals surface area contributed by atoms with E-state index < -0.39 is 24.3 Å². The van der Waals surface area contributed by atoms with Gasteiger partial charge in [0.15, 0.2) is 0 Å². The van der Waals surface area contributed by atoms with Gasteiger partial charge in [-0.2, -0.15) is 0 Å². The van der Waals surface area contributed by atoms with Crippen LogP contribution in [0.3, 0.4) is 0 Å². The summed E-state index contributed by atoms with van der Waals surface area (Å²) in [6.45, 7) is 0.235. The van der Waals surface area contributed by atoms with Gasteiger partial charge in [-0.25, -0.2) is 4.79 Å². The van der Waals surface area contributed by atoms with E-state index >= 15 is 0 Å². The predicted molar refractivity (Wildman–Crippen MR) is 113 cm³/mol. The lowest BCUT2D eigenvalue weighted by Gasteiger charge is -2.30. The van der Waals surface area contributed by atoms with Gasteiger partial charge in [-0.3, -0.25) is 9.59 Å². The highest BCUT2D eigenvalue weighted by atomic mass is 127. The third kappa shape index (κ3) is 6.00. The molecule has 0 radical (unpaired) electrons. The van der Waals surface area contributed by atoms with Gasteiger partial charge in [-0.1, -0.05) is 0 Å².